The van der Waals surface area contributed by atoms with Crippen molar-refractivity contribution in [2.24, 2.45) is 0 Å². The van der Waals surface area contributed by atoms with Crippen molar-refractivity contribution in [1.29, 1.82) is 0 Å². The third-order valence-corrected chi connectivity index (χ3v) is 2.68. The van der Waals surface area contributed by atoms with E-state index in [1.165, 1.54) is 6.08 Å². The molecule has 0 fully saturated rings. The molecule has 1 aromatic carbocycles. The van der Waals surface area contributed by atoms with Crippen LogP contribution in [0, 0.1) is 0 Å². The molecule has 0 aliphatic carbocycles. The summed E-state index contributed by atoms with van der Waals surface area (Å²) in [6, 6.07) is 1.55. The van der Waals surface area contributed by atoms with E-state index in [-0.39, 0.29) is 11.6 Å². The Morgan fingerprint density at radius 3 is 1.86 bits per heavy atom. The molecule has 1 nitrogen and oxygen atoms in total. The van der Waals surface area contributed by atoms with Gasteiger partial charge in [-0.05, 0) is 37.2 Å². The molecule has 118 valence electrons. The van der Waals surface area contributed by atoms with Crippen molar-refractivity contribution in [3.8, 4) is 0 Å². The van der Waals surface area contributed by atoms with E-state index >= 15 is 0 Å². The first-order valence-electron chi connectivity index (χ1n) is 6.21. The Kier molecular flexibility index (Phi) is 5.44. The van der Waals surface area contributed by atoms with E-state index in [2.05, 4.69) is 5.32 Å². The molecule has 0 aliphatic rings. The van der Waals surface area contributed by atoms with Gasteiger partial charge in [0.25, 0.3) is 0 Å². The van der Waals surface area contributed by atoms with Crippen LogP contribution in [0.4, 0.5) is 26.3 Å². The van der Waals surface area contributed by atoms with E-state index < -0.39 is 23.5 Å². The normalized spacial score (nSPS) is 13.6. The lowest BCUT2D eigenvalue weighted by molar-refractivity contribution is -0.143. The molecule has 21 heavy (non-hydrogen) atoms. The minimum Gasteiger partial charge on any atom is -0.313 e. The predicted octanol–water partition coefficient (Wildman–Crippen LogP) is 4.74. The van der Waals surface area contributed by atoms with Gasteiger partial charge in [0.05, 0.1) is 11.1 Å². The molecule has 0 amide bonds. The zero-order chi connectivity index (χ0) is 16.3. The lowest BCUT2D eigenvalue weighted by atomic mass is 10.0. The smallest absolute Gasteiger partial charge is 0.313 e. The van der Waals surface area contributed by atoms with Gasteiger partial charge in [-0.15, -0.1) is 0 Å². The zero-order valence-corrected chi connectivity index (χ0v) is 11.5. The molecule has 0 heterocycles. The molecular weight excluding hydrogens is 296 g/mol. The van der Waals surface area contributed by atoms with Crippen molar-refractivity contribution < 1.29 is 26.3 Å². The van der Waals surface area contributed by atoms with Crippen molar-refractivity contribution >= 4 is 6.08 Å². The number of rotatable bonds is 4. The molecule has 0 spiro atoms. The second kappa shape index (κ2) is 6.51. The van der Waals surface area contributed by atoms with Crippen LogP contribution in [0.25, 0.3) is 6.08 Å². The molecule has 1 aromatic rings. The second-order valence-electron chi connectivity index (χ2n) is 4.61. The Morgan fingerprint density at radius 1 is 1.00 bits per heavy atom. The molecule has 0 radical (unpaired) electrons. The molecule has 1 N–H and O–H groups in total. The summed E-state index contributed by atoms with van der Waals surface area (Å²) in [7, 11) is 0. The number of hydrogen-bond donors (Lipinski definition) is 1. The highest BCUT2D eigenvalue weighted by molar-refractivity contribution is 5.55. The standard InChI is InChI=1S/C14H15F6N/c1-3-21-8-9(2)4-10-5-11(13(15,16)17)7-12(6-10)14(18,19)20/h4-7,21H,3,8H2,1-2H3. The lowest BCUT2D eigenvalue weighted by Gasteiger charge is -2.13. The average Bonchev–Trinajstić information content (AvgIpc) is 2.34. The minimum atomic E-state index is -4.82. The Balaban J connectivity index is 3.26. The fourth-order valence-corrected chi connectivity index (χ4v) is 1.72. The molecule has 0 saturated carbocycles. The van der Waals surface area contributed by atoms with Crippen molar-refractivity contribution in [1.82, 2.24) is 5.32 Å². The zero-order valence-electron chi connectivity index (χ0n) is 11.5. The molecule has 0 aliphatic heterocycles. The SMILES string of the molecule is CCNCC(C)=Cc1cc(C(F)(F)F)cc(C(F)(F)F)c1. The topological polar surface area (TPSA) is 12.0 Å². The fourth-order valence-electron chi connectivity index (χ4n) is 1.72. The second-order valence-corrected chi connectivity index (χ2v) is 4.61. The van der Waals surface area contributed by atoms with Crippen LogP contribution in [0.15, 0.2) is 23.8 Å². The Bertz CT molecular complexity index is 481. The van der Waals surface area contributed by atoms with Gasteiger partial charge in [0.1, 0.15) is 0 Å². The number of hydrogen-bond acceptors (Lipinski definition) is 1. The summed E-state index contributed by atoms with van der Waals surface area (Å²) in [5.74, 6) is 0. The molecule has 0 aromatic heterocycles. The van der Waals surface area contributed by atoms with Crippen molar-refractivity contribution in [2.45, 2.75) is 26.2 Å². The monoisotopic (exact) mass is 311 g/mol. The van der Waals surface area contributed by atoms with Gasteiger partial charge in [-0.25, -0.2) is 0 Å². The number of halogens is 6. The number of alkyl halides is 6. The summed E-state index contributed by atoms with van der Waals surface area (Å²) >= 11 is 0. The maximum absolute atomic E-state index is 12.7. The fraction of sp³-hybridized carbons (Fsp3) is 0.429. The molecule has 1 rings (SSSR count). The molecule has 0 unspecified atom stereocenters. The van der Waals surface area contributed by atoms with Gasteiger partial charge in [0, 0.05) is 6.54 Å². The highest BCUT2D eigenvalue weighted by Gasteiger charge is 2.36. The van der Waals surface area contributed by atoms with Crippen LogP contribution in [-0.2, 0) is 12.4 Å². The van der Waals surface area contributed by atoms with Crippen LogP contribution < -0.4 is 5.32 Å². The maximum Gasteiger partial charge on any atom is 0.416 e. The van der Waals surface area contributed by atoms with Crippen molar-refractivity contribution in [3.05, 3.63) is 40.5 Å². The van der Waals surface area contributed by atoms with E-state index in [0.29, 0.717) is 30.8 Å². The first-order chi connectivity index (χ1) is 9.54. The van der Waals surface area contributed by atoms with Gasteiger partial charge in [0.2, 0.25) is 0 Å². The van der Waals surface area contributed by atoms with Crippen LogP contribution in [-0.4, -0.2) is 13.1 Å². The van der Waals surface area contributed by atoms with Gasteiger partial charge >= 0.3 is 12.4 Å². The number of likely N-dealkylation sites (N-methyl/N-ethyl adjacent to an activating group) is 1. The summed E-state index contributed by atoms with van der Waals surface area (Å²) in [5.41, 5.74) is -2.09. The van der Waals surface area contributed by atoms with E-state index in [9.17, 15) is 26.3 Å². The third-order valence-electron chi connectivity index (χ3n) is 2.68. The van der Waals surface area contributed by atoms with Crippen LogP contribution >= 0.6 is 0 Å². The molecule has 7 heteroatoms. The molecule has 0 saturated heterocycles. The molecule has 0 atom stereocenters. The quantitative estimate of drug-likeness (QED) is 0.792. The summed E-state index contributed by atoms with van der Waals surface area (Å²) in [6.07, 6.45) is -8.33. The summed E-state index contributed by atoms with van der Waals surface area (Å²) in [6.45, 7) is 4.53. The average molecular weight is 311 g/mol. The number of benzene rings is 1. The third kappa shape index (κ3) is 5.41. The highest BCUT2D eigenvalue weighted by atomic mass is 19.4. The largest absolute Gasteiger partial charge is 0.416 e. The van der Waals surface area contributed by atoms with Crippen LogP contribution in [0.3, 0.4) is 0 Å². The van der Waals surface area contributed by atoms with Crippen molar-refractivity contribution in [3.63, 3.8) is 0 Å². The minimum absolute atomic E-state index is 0.118. The lowest BCUT2D eigenvalue weighted by Crippen LogP contribution is -2.15. The van der Waals surface area contributed by atoms with Crippen LogP contribution in [0.1, 0.15) is 30.5 Å². The van der Waals surface area contributed by atoms with E-state index in [1.54, 1.807) is 6.92 Å². The molecule has 0 bridgehead atoms. The van der Waals surface area contributed by atoms with Gasteiger partial charge in [-0.2, -0.15) is 26.3 Å². The van der Waals surface area contributed by atoms with Crippen LogP contribution in [0.2, 0.25) is 0 Å². The van der Waals surface area contributed by atoms with Gasteiger partial charge in [-0.3, -0.25) is 0 Å². The predicted molar refractivity (Wildman–Crippen MR) is 68.6 cm³/mol. The van der Waals surface area contributed by atoms with Gasteiger partial charge < -0.3 is 5.32 Å². The molecular formula is C14H15F6N. The summed E-state index contributed by atoms with van der Waals surface area (Å²) in [4.78, 5) is 0. The first kappa shape index (κ1) is 17.6. The number of nitrogens with one attached hydrogen (secondary N) is 1. The Hall–Kier alpha value is -1.50. The van der Waals surface area contributed by atoms with Crippen molar-refractivity contribution in [2.75, 3.05) is 13.1 Å². The van der Waals surface area contributed by atoms with Gasteiger partial charge in [-0.1, -0.05) is 18.6 Å². The van der Waals surface area contributed by atoms with E-state index in [1.807, 2.05) is 6.92 Å². The highest BCUT2D eigenvalue weighted by Crippen LogP contribution is 2.36. The van der Waals surface area contributed by atoms with Gasteiger partial charge in [0.15, 0.2) is 0 Å². The Labute approximate surface area is 118 Å². The van der Waals surface area contributed by atoms with Crippen LogP contribution in [0.5, 0.6) is 0 Å². The maximum atomic E-state index is 12.7. The first-order valence-corrected chi connectivity index (χ1v) is 6.21. The Morgan fingerprint density at radius 2 is 1.48 bits per heavy atom. The van der Waals surface area contributed by atoms with E-state index in [4.69, 9.17) is 0 Å². The van der Waals surface area contributed by atoms with E-state index in [0.717, 1.165) is 0 Å². The summed E-state index contributed by atoms with van der Waals surface area (Å²) in [5, 5.41) is 2.95. The summed E-state index contributed by atoms with van der Waals surface area (Å²) < 4.78 is 76.1.